The van der Waals surface area contributed by atoms with Crippen LogP contribution in [0.5, 0.6) is 5.75 Å². The molecule has 0 aliphatic heterocycles. The molecular weight excluding hydrogens is 364 g/mol. The molecular formula is C20H15BrN2O. The third-order valence-electron chi connectivity index (χ3n) is 3.99. The standard InChI is InChI=1S/C20H15BrN2O/c1-24-17-12-6-14(7-13-17)20-22-18-4-2-3-5-19(18)23(20)16-10-8-15(21)9-11-16/h2-13H,1H3. The quantitative estimate of drug-likeness (QED) is 0.472. The van der Waals surface area contributed by atoms with Gasteiger partial charge in [0.25, 0.3) is 0 Å². The summed E-state index contributed by atoms with van der Waals surface area (Å²) in [6.07, 6.45) is 0. The summed E-state index contributed by atoms with van der Waals surface area (Å²) in [5.41, 5.74) is 4.20. The fourth-order valence-electron chi connectivity index (χ4n) is 2.81. The van der Waals surface area contributed by atoms with Crippen LogP contribution >= 0.6 is 15.9 Å². The van der Waals surface area contributed by atoms with Gasteiger partial charge in [0.2, 0.25) is 0 Å². The van der Waals surface area contributed by atoms with E-state index in [-0.39, 0.29) is 0 Å². The van der Waals surface area contributed by atoms with Crippen LogP contribution in [0.15, 0.2) is 77.3 Å². The minimum absolute atomic E-state index is 0.838. The maximum absolute atomic E-state index is 5.26. The second-order valence-corrected chi connectivity index (χ2v) is 6.38. The van der Waals surface area contributed by atoms with Crippen molar-refractivity contribution in [1.82, 2.24) is 9.55 Å². The number of hydrogen-bond donors (Lipinski definition) is 0. The molecule has 0 radical (unpaired) electrons. The number of rotatable bonds is 3. The van der Waals surface area contributed by atoms with Crippen LogP contribution in [0.1, 0.15) is 0 Å². The third kappa shape index (κ3) is 2.59. The van der Waals surface area contributed by atoms with Gasteiger partial charge in [0, 0.05) is 15.7 Å². The molecule has 3 aromatic carbocycles. The van der Waals surface area contributed by atoms with Gasteiger partial charge in [-0.3, -0.25) is 4.57 Å². The molecule has 1 aromatic heterocycles. The van der Waals surface area contributed by atoms with Crippen molar-refractivity contribution in [2.24, 2.45) is 0 Å². The van der Waals surface area contributed by atoms with Crippen molar-refractivity contribution in [3.8, 4) is 22.8 Å². The molecule has 0 N–H and O–H groups in total. The normalized spacial score (nSPS) is 10.9. The zero-order chi connectivity index (χ0) is 16.5. The van der Waals surface area contributed by atoms with Gasteiger partial charge in [-0.05, 0) is 60.7 Å². The van der Waals surface area contributed by atoms with Crippen molar-refractivity contribution in [2.75, 3.05) is 7.11 Å². The molecule has 0 spiro atoms. The molecule has 0 aliphatic rings. The van der Waals surface area contributed by atoms with Crippen molar-refractivity contribution in [1.29, 1.82) is 0 Å². The van der Waals surface area contributed by atoms with Gasteiger partial charge in [0.1, 0.15) is 11.6 Å². The van der Waals surface area contributed by atoms with Gasteiger partial charge in [-0.15, -0.1) is 0 Å². The van der Waals surface area contributed by atoms with E-state index in [1.54, 1.807) is 7.11 Å². The molecule has 24 heavy (non-hydrogen) atoms. The summed E-state index contributed by atoms with van der Waals surface area (Å²) >= 11 is 3.50. The van der Waals surface area contributed by atoms with Crippen LogP contribution in [-0.4, -0.2) is 16.7 Å². The van der Waals surface area contributed by atoms with E-state index in [1.165, 1.54) is 0 Å². The Morgan fingerprint density at radius 3 is 2.29 bits per heavy atom. The Morgan fingerprint density at radius 1 is 0.875 bits per heavy atom. The van der Waals surface area contributed by atoms with E-state index >= 15 is 0 Å². The van der Waals surface area contributed by atoms with Crippen LogP contribution in [0.2, 0.25) is 0 Å². The average Bonchev–Trinajstić information content (AvgIpc) is 3.02. The van der Waals surface area contributed by atoms with Crippen molar-refractivity contribution in [2.45, 2.75) is 0 Å². The van der Waals surface area contributed by atoms with Gasteiger partial charge in [0.05, 0.1) is 18.1 Å². The Hall–Kier alpha value is -2.59. The predicted octanol–water partition coefficient (Wildman–Crippen LogP) is 5.46. The zero-order valence-electron chi connectivity index (χ0n) is 13.1. The minimum Gasteiger partial charge on any atom is -0.497 e. The summed E-state index contributed by atoms with van der Waals surface area (Å²) in [7, 11) is 1.67. The van der Waals surface area contributed by atoms with Crippen LogP contribution < -0.4 is 4.74 Å². The van der Waals surface area contributed by atoms with E-state index in [0.29, 0.717) is 0 Å². The van der Waals surface area contributed by atoms with Crippen molar-refractivity contribution in [3.05, 3.63) is 77.3 Å². The highest BCUT2D eigenvalue weighted by atomic mass is 79.9. The lowest BCUT2D eigenvalue weighted by Gasteiger charge is -2.10. The first-order chi connectivity index (χ1) is 11.8. The summed E-state index contributed by atoms with van der Waals surface area (Å²) in [4.78, 5) is 4.85. The molecule has 0 unspecified atom stereocenters. The number of benzene rings is 3. The van der Waals surface area contributed by atoms with E-state index in [2.05, 4.69) is 38.7 Å². The topological polar surface area (TPSA) is 27.1 Å². The average molecular weight is 379 g/mol. The van der Waals surface area contributed by atoms with E-state index in [4.69, 9.17) is 9.72 Å². The smallest absolute Gasteiger partial charge is 0.145 e. The molecule has 0 saturated heterocycles. The Kier molecular flexibility index (Phi) is 3.82. The second kappa shape index (κ2) is 6.13. The number of halogens is 1. The molecule has 0 saturated carbocycles. The number of fused-ring (bicyclic) bond motifs is 1. The second-order valence-electron chi connectivity index (χ2n) is 5.46. The first-order valence-electron chi connectivity index (χ1n) is 7.64. The van der Waals surface area contributed by atoms with Gasteiger partial charge in [-0.25, -0.2) is 4.98 Å². The molecule has 0 atom stereocenters. The third-order valence-corrected chi connectivity index (χ3v) is 4.52. The van der Waals surface area contributed by atoms with Gasteiger partial charge < -0.3 is 4.74 Å². The lowest BCUT2D eigenvalue weighted by Crippen LogP contribution is -1.97. The summed E-state index contributed by atoms with van der Waals surface area (Å²) in [6.45, 7) is 0. The SMILES string of the molecule is COc1ccc(-c2nc3ccccc3n2-c2ccc(Br)cc2)cc1. The molecule has 1 heterocycles. The first kappa shape index (κ1) is 15.0. The molecule has 4 rings (SSSR count). The van der Waals surface area contributed by atoms with Gasteiger partial charge in [-0.1, -0.05) is 28.1 Å². The minimum atomic E-state index is 0.838. The molecule has 118 valence electrons. The van der Waals surface area contributed by atoms with E-state index < -0.39 is 0 Å². The molecule has 0 aliphatic carbocycles. The number of aromatic nitrogens is 2. The number of nitrogens with zero attached hydrogens (tertiary/aromatic N) is 2. The van der Waals surface area contributed by atoms with Crippen LogP contribution in [0.3, 0.4) is 0 Å². The highest BCUT2D eigenvalue weighted by Gasteiger charge is 2.14. The highest BCUT2D eigenvalue weighted by molar-refractivity contribution is 9.10. The Labute approximate surface area is 148 Å². The lowest BCUT2D eigenvalue weighted by molar-refractivity contribution is 0.415. The molecule has 0 amide bonds. The monoisotopic (exact) mass is 378 g/mol. The molecule has 4 aromatic rings. The largest absolute Gasteiger partial charge is 0.497 e. The molecule has 0 bridgehead atoms. The Bertz CT molecular complexity index is 989. The molecule has 3 nitrogen and oxygen atoms in total. The number of para-hydroxylation sites is 2. The Morgan fingerprint density at radius 2 is 1.58 bits per heavy atom. The fourth-order valence-corrected chi connectivity index (χ4v) is 3.08. The van der Waals surface area contributed by atoms with E-state index in [0.717, 1.165) is 38.3 Å². The molecule has 4 heteroatoms. The van der Waals surface area contributed by atoms with Crippen LogP contribution in [-0.2, 0) is 0 Å². The summed E-state index contributed by atoms with van der Waals surface area (Å²) in [6, 6.07) is 24.4. The Balaban J connectivity index is 1.97. The predicted molar refractivity (Wildman–Crippen MR) is 101 cm³/mol. The van der Waals surface area contributed by atoms with Crippen LogP contribution in [0.4, 0.5) is 0 Å². The lowest BCUT2D eigenvalue weighted by atomic mass is 10.2. The van der Waals surface area contributed by atoms with Crippen molar-refractivity contribution >= 4 is 27.0 Å². The van der Waals surface area contributed by atoms with Crippen LogP contribution in [0.25, 0.3) is 28.1 Å². The fraction of sp³-hybridized carbons (Fsp3) is 0.0500. The van der Waals surface area contributed by atoms with Gasteiger partial charge >= 0.3 is 0 Å². The zero-order valence-corrected chi connectivity index (χ0v) is 14.7. The maximum Gasteiger partial charge on any atom is 0.145 e. The van der Waals surface area contributed by atoms with E-state index in [1.807, 2.05) is 54.6 Å². The summed E-state index contributed by atoms with van der Waals surface area (Å²) < 4.78 is 8.50. The van der Waals surface area contributed by atoms with Crippen molar-refractivity contribution < 1.29 is 4.74 Å². The number of hydrogen-bond acceptors (Lipinski definition) is 2. The number of methoxy groups -OCH3 is 1. The maximum atomic E-state index is 5.26. The first-order valence-corrected chi connectivity index (χ1v) is 8.43. The van der Waals surface area contributed by atoms with E-state index in [9.17, 15) is 0 Å². The van der Waals surface area contributed by atoms with Crippen molar-refractivity contribution in [3.63, 3.8) is 0 Å². The number of ether oxygens (including phenoxy) is 1. The number of imidazole rings is 1. The summed E-state index contributed by atoms with van der Waals surface area (Å²) in [5.74, 6) is 1.76. The van der Waals surface area contributed by atoms with Gasteiger partial charge in [-0.2, -0.15) is 0 Å². The summed E-state index contributed by atoms with van der Waals surface area (Å²) in [5, 5.41) is 0. The highest BCUT2D eigenvalue weighted by Crippen LogP contribution is 2.30. The van der Waals surface area contributed by atoms with Crippen LogP contribution in [0, 0.1) is 0 Å². The van der Waals surface area contributed by atoms with Gasteiger partial charge in [0.15, 0.2) is 0 Å². The molecule has 0 fully saturated rings.